The standard InChI is InChI=1S/C23H24N4O5S/c1-2-22(29)24-17-12-18(14-28)27(13-17)33(31,32)19-9-7-16(8-10-19)25-23(30)21-11-15-5-3-4-6-20(15)26-21/h2-11,17-18,26,28H,1,12-14H2,(H,24,29)(H,25,30). The summed E-state index contributed by atoms with van der Waals surface area (Å²) in [6.45, 7) is 3.08. The molecule has 0 saturated carbocycles. The molecule has 1 aliphatic heterocycles. The van der Waals surface area contributed by atoms with Gasteiger partial charge in [0.1, 0.15) is 5.69 Å². The van der Waals surface area contributed by atoms with E-state index in [1.165, 1.54) is 28.6 Å². The number of hydrogen-bond donors (Lipinski definition) is 4. The summed E-state index contributed by atoms with van der Waals surface area (Å²) in [6, 6.07) is 14.0. The third-order valence-electron chi connectivity index (χ3n) is 5.60. The van der Waals surface area contributed by atoms with Gasteiger partial charge >= 0.3 is 0 Å². The molecule has 2 heterocycles. The monoisotopic (exact) mass is 468 g/mol. The number of carbonyl (C=O) groups excluding carboxylic acids is 2. The molecule has 2 unspecified atom stereocenters. The fraction of sp³-hybridized carbons (Fsp3) is 0.217. The number of H-pyrrole nitrogens is 1. The van der Waals surface area contributed by atoms with Gasteiger partial charge in [-0.3, -0.25) is 9.59 Å². The third-order valence-corrected chi connectivity index (χ3v) is 7.53. The van der Waals surface area contributed by atoms with Crippen LogP contribution in [0, 0.1) is 0 Å². The van der Waals surface area contributed by atoms with E-state index in [1.807, 2.05) is 24.3 Å². The molecule has 1 aliphatic rings. The van der Waals surface area contributed by atoms with Gasteiger partial charge in [0.2, 0.25) is 15.9 Å². The number of rotatable bonds is 7. The number of anilines is 1. The first-order valence-corrected chi connectivity index (χ1v) is 11.8. The number of para-hydroxylation sites is 1. The van der Waals surface area contributed by atoms with Crippen LogP contribution in [0.3, 0.4) is 0 Å². The first kappa shape index (κ1) is 22.7. The Morgan fingerprint density at radius 2 is 1.91 bits per heavy atom. The van der Waals surface area contributed by atoms with Gasteiger partial charge in [-0.2, -0.15) is 4.31 Å². The summed E-state index contributed by atoms with van der Waals surface area (Å²) in [7, 11) is -3.91. The Morgan fingerprint density at radius 1 is 1.18 bits per heavy atom. The zero-order valence-corrected chi connectivity index (χ0v) is 18.5. The minimum absolute atomic E-state index is 0.0280. The predicted octanol–water partition coefficient (Wildman–Crippen LogP) is 1.85. The van der Waals surface area contributed by atoms with Crippen LogP contribution in [-0.2, 0) is 14.8 Å². The lowest BCUT2D eigenvalue weighted by molar-refractivity contribution is -0.117. The number of aliphatic hydroxyl groups excluding tert-OH is 1. The second-order valence-electron chi connectivity index (χ2n) is 7.81. The summed E-state index contributed by atoms with van der Waals surface area (Å²) >= 11 is 0. The van der Waals surface area contributed by atoms with Gasteiger partial charge in [0.15, 0.2) is 0 Å². The minimum Gasteiger partial charge on any atom is -0.395 e. The number of nitrogens with one attached hydrogen (secondary N) is 3. The van der Waals surface area contributed by atoms with Crippen molar-refractivity contribution < 1.29 is 23.1 Å². The molecule has 3 aromatic rings. The summed E-state index contributed by atoms with van der Waals surface area (Å²) in [5, 5.41) is 16.0. The number of amides is 2. The van der Waals surface area contributed by atoms with Gasteiger partial charge in [0, 0.05) is 29.2 Å². The molecule has 0 spiro atoms. The zero-order valence-electron chi connectivity index (χ0n) is 17.7. The highest BCUT2D eigenvalue weighted by molar-refractivity contribution is 7.89. The minimum atomic E-state index is -3.91. The van der Waals surface area contributed by atoms with Gasteiger partial charge in [-0.1, -0.05) is 24.8 Å². The van der Waals surface area contributed by atoms with Crippen LogP contribution in [0.25, 0.3) is 10.9 Å². The second-order valence-corrected chi connectivity index (χ2v) is 9.70. The molecule has 2 amide bonds. The van der Waals surface area contributed by atoms with Crippen molar-refractivity contribution in [2.45, 2.75) is 23.4 Å². The maximum Gasteiger partial charge on any atom is 0.272 e. The highest BCUT2D eigenvalue weighted by Crippen LogP contribution is 2.27. The molecule has 1 fully saturated rings. The second kappa shape index (κ2) is 9.18. The van der Waals surface area contributed by atoms with Crippen LogP contribution in [0.1, 0.15) is 16.9 Å². The van der Waals surface area contributed by atoms with E-state index in [1.54, 1.807) is 6.07 Å². The molecule has 33 heavy (non-hydrogen) atoms. The molecule has 172 valence electrons. The summed E-state index contributed by atoms with van der Waals surface area (Å²) < 4.78 is 27.5. The first-order chi connectivity index (χ1) is 15.8. The van der Waals surface area contributed by atoms with Crippen LogP contribution < -0.4 is 10.6 Å². The Kier molecular flexibility index (Phi) is 6.32. The van der Waals surface area contributed by atoms with Crippen LogP contribution in [0.4, 0.5) is 5.69 Å². The molecule has 4 N–H and O–H groups in total. The fourth-order valence-electron chi connectivity index (χ4n) is 3.95. The van der Waals surface area contributed by atoms with Crippen LogP contribution in [0.15, 0.2) is 72.1 Å². The average Bonchev–Trinajstić information content (AvgIpc) is 3.43. The number of aliphatic hydroxyl groups is 1. The van der Waals surface area contributed by atoms with Crippen molar-refractivity contribution in [2.75, 3.05) is 18.5 Å². The van der Waals surface area contributed by atoms with Crippen molar-refractivity contribution in [3.05, 3.63) is 72.9 Å². The van der Waals surface area contributed by atoms with Crippen molar-refractivity contribution in [3.63, 3.8) is 0 Å². The molecular formula is C23H24N4O5S. The van der Waals surface area contributed by atoms with E-state index in [9.17, 15) is 23.1 Å². The van der Waals surface area contributed by atoms with E-state index in [2.05, 4.69) is 22.2 Å². The van der Waals surface area contributed by atoms with E-state index >= 15 is 0 Å². The van der Waals surface area contributed by atoms with Gasteiger partial charge < -0.3 is 20.7 Å². The van der Waals surface area contributed by atoms with Crippen molar-refractivity contribution in [3.8, 4) is 0 Å². The summed E-state index contributed by atoms with van der Waals surface area (Å²) in [5.41, 5.74) is 1.67. The average molecular weight is 469 g/mol. The van der Waals surface area contributed by atoms with Crippen LogP contribution >= 0.6 is 0 Å². The molecule has 1 aromatic heterocycles. The highest BCUT2D eigenvalue weighted by atomic mass is 32.2. The molecule has 0 aliphatic carbocycles. The maximum absolute atomic E-state index is 13.1. The smallest absolute Gasteiger partial charge is 0.272 e. The summed E-state index contributed by atoms with van der Waals surface area (Å²) in [5.74, 6) is -0.742. The SMILES string of the molecule is C=CC(=O)NC1CC(CO)N(S(=O)(=O)c2ccc(NC(=O)c3cc4ccccc4[nH]3)cc2)C1. The normalized spacial score (nSPS) is 18.8. The number of nitrogens with zero attached hydrogens (tertiary/aromatic N) is 1. The molecule has 0 radical (unpaired) electrons. The third kappa shape index (κ3) is 4.68. The van der Waals surface area contributed by atoms with Crippen molar-refractivity contribution in [2.24, 2.45) is 0 Å². The molecule has 0 bridgehead atoms. The largest absolute Gasteiger partial charge is 0.395 e. The molecule has 10 heteroatoms. The maximum atomic E-state index is 13.1. The Hall–Kier alpha value is -3.47. The molecule has 2 aromatic carbocycles. The van der Waals surface area contributed by atoms with Gasteiger partial charge in [-0.25, -0.2) is 8.42 Å². The predicted molar refractivity (Wildman–Crippen MR) is 124 cm³/mol. The topological polar surface area (TPSA) is 132 Å². The van der Waals surface area contributed by atoms with Gasteiger partial charge in [0.25, 0.3) is 5.91 Å². The van der Waals surface area contributed by atoms with E-state index in [0.717, 1.165) is 17.0 Å². The van der Waals surface area contributed by atoms with Crippen LogP contribution in [0.2, 0.25) is 0 Å². The molecule has 9 nitrogen and oxygen atoms in total. The Morgan fingerprint density at radius 3 is 2.58 bits per heavy atom. The fourth-order valence-corrected chi connectivity index (χ4v) is 5.62. The molecule has 4 rings (SSSR count). The zero-order chi connectivity index (χ0) is 23.6. The highest BCUT2D eigenvalue weighted by Gasteiger charge is 2.40. The van der Waals surface area contributed by atoms with E-state index < -0.39 is 28.0 Å². The van der Waals surface area contributed by atoms with Crippen molar-refractivity contribution in [1.29, 1.82) is 0 Å². The van der Waals surface area contributed by atoms with Gasteiger partial charge in [-0.15, -0.1) is 0 Å². The van der Waals surface area contributed by atoms with Crippen molar-refractivity contribution >= 4 is 38.4 Å². The quantitative estimate of drug-likeness (QED) is 0.393. The Bertz CT molecular complexity index is 1270. The lowest BCUT2D eigenvalue weighted by Crippen LogP contribution is -2.39. The summed E-state index contributed by atoms with van der Waals surface area (Å²) in [4.78, 5) is 27.2. The van der Waals surface area contributed by atoms with Crippen molar-refractivity contribution in [1.82, 2.24) is 14.6 Å². The van der Waals surface area contributed by atoms with E-state index in [-0.39, 0.29) is 24.0 Å². The number of sulfonamides is 1. The Labute approximate surface area is 191 Å². The number of benzene rings is 2. The van der Waals surface area contributed by atoms with E-state index in [4.69, 9.17) is 0 Å². The molecule has 1 saturated heterocycles. The lowest BCUT2D eigenvalue weighted by Gasteiger charge is -2.22. The number of aromatic amines is 1. The number of carbonyl (C=O) groups is 2. The number of aromatic nitrogens is 1. The Balaban J connectivity index is 1.47. The summed E-state index contributed by atoms with van der Waals surface area (Å²) in [6.07, 6.45) is 1.42. The van der Waals surface area contributed by atoms with Crippen LogP contribution in [0.5, 0.6) is 0 Å². The molecule has 2 atom stereocenters. The lowest BCUT2D eigenvalue weighted by atomic mass is 10.2. The first-order valence-electron chi connectivity index (χ1n) is 10.4. The number of hydrogen-bond acceptors (Lipinski definition) is 5. The van der Waals surface area contributed by atoms with Crippen LogP contribution in [-0.4, -0.2) is 59.9 Å². The molecular weight excluding hydrogens is 444 g/mol. The van der Waals surface area contributed by atoms with Gasteiger partial charge in [0.05, 0.1) is 17.5 Å². The van der Waals surface area contributed by atoms with E-state index in [0.29, 0.717) is 17.8 Å². The van der Waals surface area contributed by atoms with Gasteiger partial charge in [-0.05, 0) is 48.9 Å². The number of fused-ring (bicyclic) bond motifs is 1.